The van der Waals surface area contributed by atoms with Gasteiger partial charge in [-0.15, -0.1) is 0 Å². The van der Waals surface area contributed by atoms with E-state index in [1.807, 2.05) is 0 Å². The normalized spacial score (nSPS) is 10.7. The summed E-state index contributed by atoms with van der Waals surface area (Å²) in [5.74, 6) is -5.35. The summed E-state index contributed by atoms with van der Waals surface area (Å²) in [5.41, 5.74) is -0.0221. The maximum Gasteiger partial charge on any atom is 0.352 e. The summed E-state index contributed by atoms with van der Waals surface area (Å²) >= 11 is 0. The van der Waals surface area contributed by atoms with Crippen LogP contribution in [0.5, 0.6) is 0 Å². The SMILES string of the molecule is CCn1c(C(=O)O)ccc1-c1ccc(F)c(F)c1F. The number of rotatable bonds is 3. The summed E-state index contributed by atoms with van der Waals surface area (Å²) in [7, 11) is 0. The number of carboxylic acids is 1. The molecule has 2 rings (SSSR count). The molecule has 19 heavy (non-hydrogen) atoms. The van der Waals surface area contributed by atoms with Gasteiger partial charge in [0.1, 0.15) is 5.69 Å². The number of carbonyl (C=O) groups is 1. The topological polar surface area (TPSA) is 42.2 Å². The fourth-order valence-electron chi connectivity index (χ4n) is 1.95. The highest BCUT2D eigenvalue weighted by molar-refractivity contribution is 5.87. The summed E-state index contributed by atoms with van der Waals surface area (Å²) in [4.78, 5) is 11.0. The van der Waals surface area contributed by atoms with Crippen LogP contribution >= 0.6 is 0 Å². The van der Waals surface area contributed by atoms with E-state index < -0.39 is 23.4 Å². The first-order valence-electron chi connectivity index (χ1n) is 5.54. The molecule has 2 aromatic rings. The summed E-state index contributed by atoms with van der Waals surface area (Å²) in [6.45, 7) is 1.94. The Morgan fingerprint density at radius 3 is 2.42 bits per heavy atom. The largest absolute Gasteiger partial charge is 0.477 e. The molecule has 0 saturated carbocycles. The van der Waals surface area contributed by atoms with Gasteiger partial charge in [0.2, 0.25) is 0 Å². The number of halogens is 3. The van der Waals surface area contributed by atoms with Crippen molar-refractivity contribution in [1.82, 2.24) is 4.57 Å². The maximum atomic E-state index is 13.7. The van der Waals surface area contributed by atoms with Gasteiger partial charge < -0.3 is 9.67 Å². The van der Waals surface area contributed by atoms with E-state index in [1.54, 1.807) is 6.92 Å². The lowest BCUT2D eigenvalue weighted by atomic mass is 10.1. The van der Waals surface area contributed by atoms with Crippen LogP contribution in [-0.2, 0) is 6.54 Å². The molecule has 0 spiro atoms. The van der Waals surface area contributed by atoms with Crippen LogP contribution in [0.4, 0.5) is 13.2 Å². The summed E-state index contributed by atoms with van der Waals surface area (Å²) < 4.78 is 41.1. The molecule has 0 bridgehead atoms. The molecule has 0 radical (unpaired) electrons. The van der Waals surface area contributed by atoms with Gasteiger partial charge >= 0.3 is 5.97 Å². The van der Waals surface area contributed by atoms with E-state index in [0.717, 1.165) is 12.1 Å². The molecule has 1 aromatic heterocycles. The fraction of sp³-hybridized carbons (Fsp3) is 0.154. The molecule has 0 aliphatic rings. The van der Waals surface area contributed by atoms with Crippen molar-refractivity contribution in [3.8, 4) is 11.3 Å². The van der Waals surface area contributed by atoms with Crippen LogP contribution in [0.1, 0.15) is 17.4 Å². The van der Waals surface area contributed by atoms with Gasteiger partial charge in [-0.05, 0) is 31.2 Å². The molecule has 0 amide bonds. The molecule has 1 aromatic carbocycles. The lowest BCUT2D eigenvalue weighted by molar-refractivity contribution is 0.0685. The number of carboxylic acid groups (broad SMARTS) is 1. The Bertz CT molecular complexity index is 650. The molecule has 100 valence electrons. The Morgan fingerprint density at radius 1 is 1.16 bits per heavy atom. The number of nitrogens with zero attached hydrogens (tertiary/aromatic N) is 1. The Morgan fingerprint density at radius 2 is 1.84 bits per heavy atom. The summed E-state index contributed by atoms with van der Waals surface area (Å²) in [6.07, 6.45) is 0. The third kappa shape index (κ3) is 2.09. The van der Waals surface area contributed by atoms with Crippen LogP contribution in [0.25, 0.3) is 11.3 Å². The third-order valence-corrected chi connectivity index (χ3v) is 2.83. The molecule has 0 aliphatic heterocycles. The zero-order valence-electron chi connectivity index (χ0n) is 9.95. The van der Waals surface area contributed by atoms with Crippen molar-refractivity contribution in [2.45, 2.75) is 13.5 Å². The van der Waals surface area contributed by atoms with Crippen molar-refractivity contribution in [3.63, 3.8) is 0 Å². The molecule has 0 atom stereocenters. The van der Waals surface area contributed by atoms with Crippen molar-refractivity contribution >= 4 is 5.97 Å². The second-order valence-electron chi connectivity index (χ2n) is 3.88. The monoisotopic (exact) mass is 269 g/mol. The van der Waals surface area contributed by atoms with Crippen molar-refractivity contribution < 1.29 is 23.1 Å². The first kappa shape index (κ1) is 13.2. The predicted octanol–water partition coefficient (Wildman–Crippen LogP) is 3.29. The molecule has 0 fully saturated rings. The third-order valence-electron chi connectivity index (χ3n) is 2.83. The average molecular weight is 269 g/mol. The van der Waals surface area contributed by atoms with Gasteiger partial charge in [0.05, 0.1) is 5.69 Å². The highest BCUT2D eigenvalue weighted by Gasteiger charge is 2.20. The van der Waals surface area contributed by atoms with Gasteiger partial charge in [-0.1, -0.05) is 0 Å². The fourth-order valence-corrected chi connectivity index (χ4v) is 1.95. The van der Waals surface area contributed by atoms with Crippen molar-refractivity contribution in [2.24, 2.45) is 0 Å². The maximum absolute atomic E-state index is 13.7. The number of aromatic nitrogens is 1. The van der Waals surface area contributed by atoms with E-state index in [2.05, 4.69) is 0 Å². The molecule has 0 aliphatic carbocycles. The molecule has 3 nitrogen and oxygen atoms in total. The lowest BCUT2D eigenvalue weighted by Crippen LogP contribution is -2.09. The van der Waals surface area contributed by atoms with Gasteiger partial charge in [-0.2, -0.15) is 0 Å². The Kier molecular flexibility index (Phi) is 3.33. The summed E-state index contributed by atoms with van der Waals surface area (Å²) in [6, 6.07) is 4.55. The zero-order valence-corrected chi connectivity index (χ0v) is 9.95. The predicted molar refractivity (Wildman–Crippen MR) is 62.4 cm³/mol. The van der Waals surface area contributed by atoms with E-state index in [0.29, 0.717) is 0 Å². The molecular weight excluding hydrogens is 259 g/mol. The van der Waals surface area contributed by atoms with Gasteiger partial charge in [0, 0.05) is 12.1 Å². The van der Waals surface area contributed by atoms with E-state index in [-0.39, 0.29) is 23.5 Å². The zero-order chi connectivity index (χ0) is 14.2. The molecule has 1 N–H and O–H groups in total. The Hall–Kier alpha value is -2.24. The number of benzene rings is 1. The average Bonchev–Trinajstić information content (AvgIpc) is 2.80. The highest BCUT2D eigenvalue weighted by atomic mass is 19.2. The number of aromatic carboxylic acids is 1. The molecule has 0 unspecified atom stereocenters. The number of hydrogen-bond acceptors (Lipinski definition) is 1. The van der Waals surface area contributed by atoms with Gasteiger partial charge in [0.25, 0.3) is 0 Å². The van der Waals surface area contributed by atoms with E-state index in [1.165, 1.54) is 16.7 Å². The van der Waals surface area contributed by atoms with Crippen molar-refractivity contribution in [1.29, 1.82) is 0 Å². The highest BCUT2D eigenvalue weighted by Crippen LogP contribution is 2.28. The van der Waals surface area contributed by atoms with Crippen LogP contribution < -0.4 is 0 Å². The van der Waals surface area contributed by atoms with Crippen LogP contribution in [0, 0.1) is 17.5 Å². The van der Waals surface area contributed by atoms with Crippen LogP contribution in [-0.4, -0.2) is 15.6 Å². The molecular formula is C13H10F3NO2. The van der Waals surface area contributed by atoms with Crippen LogP contribution in [0.15, 0.2) is 24.3 Å². The molecule has 6 heteroatoms. The number of hydrogen-bond donors (Lipinski definition) is 1. The van der Waals surface area contributed by atoms with Crippen LogP contribution in [0.3, 0.4) is 0 Å². The summed E-state index contributed by atoms with van der Waals surface area (Å²) in [5, 5.41) is 8.98. The van der Waals surface area contributed by atoms with Gasteiger partial charge in [-0.25, -0.2) is 18.0 Å². The minimum Gasteiger partial charge on any atom is -0.477 e. The lowest BCUT2D eigenvalue weighted by Gasteiger charge is -2.10. The van der Waals surface area contributed by atoms with E-state index in [9.17, 15) is 18.0 Å². The minimum absolute atomic E-state index is 0.0402. The van der Waals surface area contributed by atoms with Crippen LogP contribution in [0.2, 0.25) is 0 Å². The quantitative estimate of drug-likeness (QED) is 0.869. The van der Waals surface area contributed by atoms with Gasteiger partial charge in [0.15, 0.2) is 17.5 Å². The van der Waals surface area contributed by atoms with Gasteiger partial charge in [-0.3, -0.25) is 0 Å². The van der Waals surface area contributed by atoms with Crippen molar-refractivity contribution in [3.05, 3.63) is 47.4 Å². The Balaban J connectivity index is 2.66. The Labute approximate surface area is 106 Å². The second kappa shape index (κ2) is 4.79. The molecule has 1 heterocycles. The minimum atomic E-state index is -1.57. The standard InChI is InChI=1S/C13H10F3NO2/c1-2-17-9(5-6-10(17)13(18)19)7-3-4-8(14)12(16)11(7)15/h3-6H,2H2,1H3,(H,18,19). The smallest absolute Gasteiger partial charge is 0.352 e. The van der Waals surface area contributed by atoms with E-state index in [4.69, 9.17) is 5.11 Å². The molecule has 0 saturated heterocycles. The second-order valence-corrected chi connectivity index (χ2v) is 3.88. The first-order valence-corrected chi connectivity index (χ1v) is 5.54. The first-order chi connectivity index (χ1) is 8.97. The van der Waals surface area contributed by atoms with E-state index >= 15 is 0 Å². The van der Waals surface area contributed by atoms with Crippen molar-refractivity contribution in [2.75, 3.05) is 0 Å².